The van der Waals surface area contributed by atoms with E-state index in [1.165, 1.54) is 12.1 Å². The summed E-state index contributed by atoms with van der Waals surface area (Å²) < 4.78 is 10.7. The summed E-state index contributed by atoms with van der Waals surface area (Å²) in [6, 6.07) is 8.81. The van der Waals surface area contributed by atoms with E-state index < -0.39 is 22.7 Å². The van der Waals surface area contributed by atoms with Crippen LogP contribution in [0.25, 0.3) is 0 Å². The van der Waals surface area contributed by atoms with Crippen LogP contribution in [0.1, 0.15) is 26.3 Å². The van der Waals surface area contributed by atoms with E-state index in [4.69, 9.17) is 9.47 Å². The molecule has 0 aliphatic carbocycles. The molecule has 1 N–H and O–H groups in total. The lowest BCUT2D eigenvalue weighted by molar-refractivity contribution is -0.385. The van der Waals surface area contributed by atoms with Gasteiger partial charge < -0.3 is 19.6 Å². The Hall–Kier alpha value is -3.49. The smallest absolute Gasteiger partial charge is 0.408 e. The molecule has 1 atom stereocenters. The molecular formula is C19H21N3O6. The third kappa shape index (κ3) is 6.67. The van der Waals surface area contributed by atoms with E-state index in [-0.39, 0.29) is 11.6 Å². The summed E-state index contributed by atoms with van der Waals surface area (Å²) in [5, 5.41) is 13.1. The second kappa shape index (κ2) is 8.94. The maximum absolute atomic E-state index is 11.8. The third-order valence-electron chi connectivity index (χ3n) is 3.40. The van der Waals surface area contributed by atoms with Gasteiger partial charge in [-0.05, 0) is 44.9 Å². The molecule has 9 heteroatoms. The van der Waals surface area contributed by atoms with Crippen LogP contribution in [0.15, 0.2) is 42.6 Å². The van der Waals surface area contributed by atoms with Gasteiger partial charge in [-0.25, -0.2) is 9.78 Å². The van der Waals surface area contributed by atoms with Crippen LogP contribution < -0.4 is 10.1 Å². The summed E-state index contributed by atoms with van der Waals surface area (Å²) in [7, 11) is 0. The van der Waals surface area contributed by atoms with Gasteiger partial charge in [-0.1, -0.05) is 12.1 Å². The number of carbonyl (C=O) groups excluding carboxylic acids is 2. The largest absolute Gasteiger partial charge is 0.444 e. The number of carbonyl (C=O) groups is 2. The number of amides is 1. The second-order valence-corrected chi connectivity index (χ2v) is 6.95. The Labute approximate surface area is 161 Å². The van der Waals surface area contributed by atoms with Crippen LogP contribution >= 0.6 is 0 Å². The zero-order valence-electron chi connectivity index (χ0n) is 15.7. The molecule has 1 aromatic carbocycles. The monoisotopic (exact) mass is 387 g/mol. The Balaban J connectivity index is 1.94. The molecule has 0 saturated carbocycles. The zero-order valence-corrected chi connectivity index (χ0v) is 15.7. The number of ether oxygens (including phenoxy) is 2. The summed E-state index contributed by atoms with van der Waals surface area (Å²) in [4.78, 5) is 37.0. The van der Waals surface area contributed by atoms with Crippen molar-refractivity contribution in [3.05, 3.63) is 58.3 Å². The van der Waals surface area contributed by atoms with Crippen molar-refractivity contribution >= 4 is 18.1 Å². The van der Waals surface area contributed by atoms with Crippen molar-refractivity contribution in [3.8, 4) is 11.6 Å². The van der Waals surface area contributed by atoms with Crippen LogP contribution in [0.5, 0.6) is 11.6 Å². The lowest BCUT2D eigenvalue weighted by Crippen LogP contribution is -2.41. The summed E-state index contributed by atoms with van der Waals surface area (Å²) >= 11 is 0. The number of rotatable bonds is 7. The highest BCUT2D eigenvalue weighted by Gasteiger charge is 2.19. The lowest BCUT2D eigenvalue weighted by atomic mass is 10.1. The number of hydrogen-bond acceptors (Lipinski definition) is 7. The molecule has 0 aliphatic heterocycles. The topological polar surface area (TPSA) is 121 Å². The molecule has 9 nitrogen and oxygen atoms in total. The van der Waals surface area contributed by atoms with E-state index in [1.54, 1.807) is 45.0 Å². The van der Waals surface area contributed by atoms with E-state index in [0.29, 0.717) is 18.5 Å². The minimum absolute atomic E-state index is 0.125. The quantitative estimate of drug-likeness (QED) is 0.439. The molecule has 0 fully saturated rings. The predicted octanol–water partition coefficient (Wildman–Crippen LogP) is 3.42. The van der Waals surface area contributed by atoms with Gasteiger partial charge in [-0.15, -0.1) is 0 Å². The fourth-order valence-corrected chi connectivity index (χ4v) is 2.20. The SMILES string of the molecule is CC(C)(C)OC(=O)NC(C=O)Cc1ccc(Oc2ccc([N+](=O)[O-])cn2)cc1. The molecule has 0 saturated heterocycles. The molecular weight excluding hydrogens is 366 g/mol. The Bertz CT molecular complexity index is 828. The number of pyridine rings is 1. The fraction of sp³-hybridized carbons (Fsp3) is 0.316. The van der Waals surface area contributed by atoms with Crippen molar-refractivity contribution in [3.63, 3.8) is 0 Å². The van der Waals surface area contributed by atoms with Crippen molar-refractivity contribution in [1.82, 2.24) is 10.3 Å². The number of nitrogens with zero attached hydrogens (tertiary/aromatic N) is 2. The molecule has 1 amide bonds. The van der Waals surface area contributed by atoms with Gasteiger partial charge in [-0.3, -0.25) is 10.1 Å². The number of benzene rings is 1. The summed E-state index contributed by atoms with van der Waals surface area (Å²) in [5.74, 6) is 0.698. The first-order valence-electron chi connectivity index (χ1n) is 8.48. The average Bonchev–Trinajstić information content (AvgIpc) is 2.61. The van der Waals surface area contributed by atoms with Gasteiger partial charge in [0.25, 0.3) is 5.69 Å². The lowest BCUT2D eigenvalue weighted by Gasteiger charge is -2.21. The predicted molar refractivity (Wildman–Crippen MR) is 100 cm³/mol. The Kier molecular flexibility index (Phi) is 6.64. The van der Waals surface area contributed by atoms with Crippen molar-refractivity contribution < 1.29 is 24.0 Å². The van der Waals surface area contributed by atoms with E-state index in [0.717, 1.165) is 11.8 Å². The van der Waals surface area contributed by atoms with Gasteiger partial charge in [0.2, 0.25) is 5.88 Å². The molecule has 2 aromatic rings. The summed E-state index contributed by atoms with van der Waals surface area (Å²) in [6.07, 6.45) is 1.39. The highest BCUT2D eigenvalue weighted by Crippen LogP contribution is 2.22. The zero-order chi connectivity index (χ0) is 20.7. The summed E-state index contributed by atoms with van der Waals surface area (Å²) in [6.45, 7) is 5.21. The third-order valence-corrected chi connectivity index (χ3v) is 3.40. The van der Waals surface area contributed by atoms with E-state index in [2.05, 4.69) is 10.3 Å². The van der Waals surface area contributed by atoms with Crippen molar-refractivity contribution in [2.45, 2.75) is 38.8 Å². The van der Waals surface area contributed by atoms with Crippen molar-refractivity contribution in [2.24, 2.45) is 0 Å². The highest BCUT2D eigenvalue weighted by atomic mass is 16.6. The van der Waals surface area contributed by atoms with Gasteiger partial charge >= 0.3 is 6.09 Å². The maximum Gasteiger partial charge on any atom is 0.408 e. The number of hydrogen-bond donors (Lipinski definition) is 1. The molecule has 0 radical (unpaired) electrons. The Morgan fingerprint density at radius 2 is 1.93 bits per heavy atom. The molecule has 28 heavy (non-hydrogen) atoms. The minimum atomic E-state index is -0.724. The maximum atomic E-state index is 11.8. The molecule has 1 unspecified atom stereocenters. The number of alkyl carbamates (subject to hydrolysis) is 1. The Morgan fingerprint density at radius 1 is 1.25 bits per heavy atom. The molecule has 148 valence electrons. The first-order valence-corrected chi connectivity index (χ1v) is 8.48. The first kappa shape index (κ1) is 20.8. The molecule has 1 aromatic heterocycles. The standard InChI is InChI=1S/C19H21N3O6/c1-19(2,3)28-18(24)21-14(12-23)10-13-4-7-16(8-5-13)27-17-9-6-15(11-20-17)22(25)26/h4-9,11-12,14H,10H2,1-3H3,(H,21,24). The molecule has 0 bridgehead atoms. The van der Waals surface area contributed by atoms with E-state index >= 15 is 0 Å². The second-order valence-electron chi connectivity index (χ2n) is 6.95. The first-order chi connectivity index (χ1) is 13.2. The van der Waals surface area contributed by atoms with Gasteiger partial charge in [0.15, 0.2) is 0 Å². The Morgan fingerprint density at radius 3 is 2.43 bits per heavy atom. The van der Waals surface area contributed by atoms with Gasteiger partial charge in [0.05, 0.1) is 11.0 Å². The highest BCUT2D eigenvalue weighted by molar-refractivity contribution is 5.73. The summed E-state index contributed by atoms with van der Waals surface area (Å²) in [5.41, 5.74) is 0.0276. The van der Waals surface area contributed by atoms with E-state index in [9.17, 15) is 19.7 Å². The fourth-order valence-electron chi connectivity index (χ4n) is 2.20. The van der Waals surface area contributed by atoms with Crippen LogP contribution in [0.4, 0.5) is 10.5 Å². The van der Waals surface area contributed by atoms with Crippen molar-refractivity contribution in [1.29, 1.82) is 0 Å². The van der Waals surface area contributed by atoms with Crippen LogP contribution in [-0.4, -0.2) is 33.9 Å². The van der Waals surface area contributed by atoms with E-state index in [1.807, 2.05) is 0 Å². The van der Waals surface area contributed by atoms with Gasteiger partial charge in [0.1, 0.15) is 23.8 Å². The number of nitro groups is 1. The molecule has 2 rings (SSSR count). The number of nitrogens with one attached hydrogen (secondary N) is 1. The average molecular weight is 387 g/mol. The number of aromatic nitrogens is 1. The molecule has 0 aliphatic rings. The minimum Gasteiger partial charge on any atom is -0.444 e. The molecule has 0 spiro atoms. The van der Waals surface area contributed by atoms with Gasteiger partial charge in [0, 0.05) is 12.1 Å². The van der Waals surface area contributed by atoms with Crippen LogP contribution in [0.2, 0.25) is 0 Å². The van der Waals surface area contributed by atoms with Crippen molar-refractivity contribution in [2.75, 3.05) is 0 Å². The number of aldehydes is 1. The molecule has 1 heterocycles. The normalized spacial score (nSPS) is 12.0. The van der Waals surface area contributed by atoms with Gasteiger partial charge in [-0.2, -0.15) is 0 Å². The van der Waals surface area contributed by atoms with Crippen LogP contribution in [0.3, 0.4) is 0 Å². The van der Waals surface area contributed by atoms with Crippen LogP contribution in [-0.2, 0) is 16.0 Å². The van der Waals surface area contributed by atoms with Crippen LogP contribution in [0, 0.1) is 10.1 Å².